The van der Waals surface area contributed by atoms with E-state index in [0.717, 1.165) is 35.4 Å². The average molecular weight is 287 g/mol. The molecule has 0 radical (unpaired) electrons. The number of ether oxygens (including phenoxy) is 1. The topological polar surface area (TPSA) is 81.9 Å². The lowest BCUT2D eigenvalue weighted by molar-refractivity contribution is 0.0517. The van der Waals surface area contributed by atoms with Crippen molar-refractivity contribution in [3.8, 4) is 11.4 Å². The van der Waals surface area contributed by atoms with Gasteiger partial charge in [0.25, 0.3) is 0 Å². The van der Waals surface area contributed by atoms with Crippen molar-refractivity contribution in [2.75, 3.05) is 19.0 Å². The van der Waals surface area contributed by atoms with Crippen LogP contribution >= 0.6 is 0 Å². The van der Waals surface area contributed by atoms with Gasteiger partial charge < -0.3 is 10.1 Å². The summed E-state index contributed by atoms with van der Waals surface area (Å²) in [6.07, 6.45) is 3.37. The number of hydrogen-bond donors (Lipinski definition) is 1. The fourth-order valence-electron chi connectivity index (χ4n) is 2.64. The van der Waals surface area contributed by atoms with Gasteiger partial charge in [0.2, 0.25) is 5.95 Å². The highest BCUT2D eigenvalue weighted by atomic mass is 16.5. The SMILES string of the molecule is CCOC(=O)c1nn(C)c2c1CCc1cnc(NC)nc1-2. The Labute approximate surface area is 122 Å². The third-order valence-corrected chi connectivity index (χ3v) is 3.57. The Morgan fingerprint density at radius 1 is 1.48 bits per heavy atom. The van der Waals surface area contributed by atoms with Crippen LogP contribution in [0, 0.1) is 0 Å². The van der Waals surface area contributed by atoms with Crippen molar-refractivity contribution in [3.63, 3.8) is 0 Å². The zero-order chi connectivity index (χ0) is 15.0. The molecule has 1 aliphatic rings. The predicted molar refractivity (Wildman–Crippen MR) is 77.1 cm³/mol. The molecule has 2 aromatic heterocycles. The minimum atomic E-state index is -0.374. The summed E-state index contributed by atoms with van der Waals surface area (Å²) in [6.45, 7) is 2.13. The van der Waals surface area contributed by atoms with Crippen molar-refractivity contribution in [2.24, 2.45) is 7.05 Å². The number of hydrogen-bond acceptors (Lipinski definition) is 6. The first-order valence-corrected chi connectivity index (χ1v) is 6.92. The zero-order valence-electron chi connectivity index (χ0n) is 12.3. The molecule has 7 heteroatoms. The fourth-order valence-corrected chi connectivity index (χ4v) is 2.64. The molecule has 2 heterocycles. The van der Waals surface area contributed by atoms with E-state index < -0.39 is 0 Å². The molecule has 0 saturated heterocycles. The summed E-state index contributed by atoms with van der Waals surface area (Å²) < 4.78 is 6.78. The maximum atomic E-state index is 12.0. The highest BCUT2D eigenvalue weighted by Crippen LogP contribution is 2.34. The first-order chi connectivity index (χ1) is 10.2. The molecule has 0 bridgehead atoms. The molecule has 0 aliphatic heterocycles. The summed E-state index contributed by atoms with van der Waals surface area (Å²) in [5, 5.41) is 7.26. The van der Waals surface area contributed by atoms with Crippen LogP contribution in [0.25, 0.3) is 11.4 Å². The van der Waals surface area contributed by atoms with E-state index in [4.69, 9.17) is 4.74 Å². The molecule has 1 N–H and O–H groups in total. The quantitative estimate of drug-likeness (QED) is 0.854. The van der Waals surface area contributed by atoms with Crippen molar-refractivity contribution in [3.05, 3.63) is 23.0 Å². The van der Waals surface area contributed by atoms with E-state index in [0.29, 0.717) is 18.2 Å². The molecule has 1 aliphatic carbocycles. The summed E-state index contributed by atoms with van der Waals surface area (Å²) in [4.78, 5) is 20.8. The van der Waals surface area contributed by atoms with E-state index in [1.165, 1.54) is 0 Å². The number of nitrogens with zero attached hydrogens (tertiary/aromatic N) is 4. The smallest absolute Gasteiger partial charge is 0.359 e. The summed E-state index contributed by atoms with van der Waals surface area (Å²) in [7, 11) is 3.59. The van der Waals surface area contributed by atoms with Crippen molar-refractivity contribution in [1.82, 2.24) is 19.7 Å². The van der Waals surface area contributed by atoms with Gasteiger partial charge in [0.05, 0.1) is 18.0 Å². The maximum Gasteiger partial charge on any atom is 0.359 e. The number of anilines is 1. The molecule has 2 aromatic rings. The van der Waals surface area contributed by atoms with Crippen molar-refractivity contribution >= 4 is 11.9 Å². The lowest BCUT2D eigenvalue weighted by Crippen LogP contribution is -2.12. The van der Waals surface area contributed by atoms with Crippen molar-refractivity contribution in [1.29, 1.82) is 0 Å². The van der Waals surface area contributed by atoms with Gasteiger partial charge in [0.1, 0.15) is 0 Å². The Bertz CT molecular complexity index is 708. The summed E-state index contributed by atoms with van der Waals surface area (Å²) in [5.41, 5.74) is 4.08. The van der Waals surface area contributed by atoms with Gasteiger partial charge in [0.15, 0.2) is 5.69 Å². The number of esters is 1. The highest BCUT2D eigenvalue weighted by Gasteiger charge is 2.29. The average Bonchev–Trinajstić information content (AvgIpc) is 2.84. The molecule has 0 unspecified atom stereocenters. The van der Waals surface area contributed by atoms with Gasteiger partial charge in [0, 0.05) is 25.9 Å². The van der Waals surface area contributed by atoms with Crippen LogP contribution in [0.1, 0.15) is 28.5 Å². The number of aromatic nitrogens is 4. The van der Waals surface area contributed by atoms with E-state index >= 15 is 0 Å². The third kappa shape index (κ3) is 2.14. The minimum absolute atomic E-state index is 0.340. The van der Waals surface area contributed by atoms with E-state index in [2.05, 4.69) is 20.4 Å². The molecular formula is C14H17N5O2. The van der Waals surface area contributed by atoms with Crippen molar-refractivity contribution in [2.45, 2.75) is 19.8 Å². The molecule has 110 valence electrons. The number of carbonyl (C=O) groups excluding carboxylic acids is 1. The standard InChI is InChI=1S/C14H17N5O2/c1-4-21-13(20)11-9-6-5-8-7-16-14(15-2)17-10(8)12(9)19(3)18-11/h7H,4-6H2,1-3H3,(H,15,16,17). The molecule has 7 nitrogen and oxygen atoms in total. The first-order valence-electron chi connectivity index (χ1n) is 6.92. The number of nitrogens with one attached hydrogen (secondary N) is 1. The van der Waals surface area contributed by atoms with Gasteiger partial charge in [-0.15, -0.1) is 0 Å². The molecule has 21 heavy (non-hydrogen) atoms. The van der Waals surface area contributed by atoms with Crippen LogP contribution in [0.5, 0.6) is 0 Å². The fraction of sp³-hybridized carbons (Fsp3) is 0.429. The van der Waals surface area contributed by atoms with Gasteiger partial charge in [-0.2, -0.15) is 5.10 Å². The molecule has 3 rings (SSSR count). The van der Waals surface area contributed by atoms with Gasteiger partial charge in [-0.05, 0) is 25.3 Å². The summed E-state index contributed by atoms with van der Waals surface area (Å²) in [6, 6.07) is 0. The highest BCUT2D eigenvalue weighted by molar-refractivity contribution is 5.91. The van der Waals surface area contributed by atoms with Gasteiger partial charge in [-0.3, -0.25) is 4.68 Å². The Morgan fingerprint density at radius 3 is 3.00 bits per heavy atom. The lowest BCUT2D eigenvalue weighted by atomic mass is 9.93. The molecule has 0 fully saturated rings. The number of aryl methyl sites for hydroxylation is 2. The summed E-state index contributed by atoms with van der Waals surface area (Å²) in [5.74, 6) is 0.182. The van der Waals surface area contributed by atoms with Gasteiger partial charge in [-0.1, -0.05) is 0 Å². The van der Waals surface area contributed by atoms with E-state index in [1.54, 1.807) is 18.7 Å². The van der Waals surface area contributed by atoms with Crippen LogP contribution in [0.4, 0.5) is 5.95 Å². The van der Waals surface area contributed by atoms with Crippen molar-refractivity contribution < 1.29 is 9.53 Å². The Morgan fingerprint density at radius 2 is 2.29 bits per heavy atom. The van der Waals surface area contributed by atoms with Crippen LogP contribution in [-0.4, -0.2) is 39.4 Å². The van der Waals surface area contributed by atoms with Crippen LogP contribution in [0.3, 0.4) is 0 Å². The molecular weight excluding hydrogens is 270 g/mol. The van der Waals surface area contributed by atoms with E-state index in [9.17, 15) is 4.79 Å². The monoisotopic (exact) mass is 287 g/mol. The molecule has 0 atom stereocenters. The van der Waals surface area contributed by atoms with Gasteiger partial charge in [-0.25, -0.2) is 14.8 Å². The Balaban J connectivity index is 2.14. The normalized spacial score (nSPS) is 12.5. The molecule has 0 amide bonds. The lowest BCUT2D eigenvalue weighted by Gasteiger charge is -2.16. The molecule has 0 spiro atoms. The first kappa shape index (κ1) is 13.5. The maximum absolute atomic E-state index is 12.0. The van der Waals surface area contributed by atoms with E-state index in [1.807, 2.05) is 13.2 Å². The third-order valence-electron chi connectivity index (χ3n) is 3.57. The number of carbonyl (C=O) groups is 1. The minimum Gasteiger partial charge on any atom is -0.461 e. The van der Waals surface area contributed by atoms with Gasteiger partial charge >= 0.3 is 5.97 Å². The molecule has 0 aromatic carbocycles. The second kappa shape index (κ2) is 5.16. The Hall–Kier alpha value is -2.44. The van der Waals surface area contributed by atoms with Crippen LogP contribution in [-0.2, 0) is 24.6 Å². The van der Waals surface area contributed by atoms with Crippen LogP contribution < -0.4 is 5.32 Å². The van der Waals surface area contributed by atoms with E-state index in [-0.39, 0.29) is 5.97 Å². The number of rotatable bonds is 3. The molecule has 0 saturated carbocycles. The summed E-state index contributed by atoms with van der Waals surface area (Å²) >= 11 is 0. The van der Waals surface area contributed by atoms with Crippen LogP contribution in [0.15, 0.2) is 6.20 Å². The second-order valence-corrected chi connectivity index (χ2v) is 4.84. The number of fused-ring (bicyclic) bond motifs is 3. The largest absolute Gasteiger partial charge is 0.461 e. The predicted octanol–water partition coefficient (Wildman–Crippen LogP) is 1.19. The van der Waals surface area contributed by atoms with Crippen LogP contribution in [0.2, 0.25) is 0 Å². The zero-order valence-corrected chi connectivity index (χ0v) is 12.3. The Kier molecular flexibility index (Phi) is 3.32. The second-order valence-electron chi connectivity index (χ2n) is 4.84.